The Balaban J connectivity index is 1.36. The molecule has 6 heteroatoms. The number of carbonyl (C=O) groups is 1. The smallest absolute Gasteiger partial charge is 0.220 e. The molecular formula is C25H27FN2O3. The van der Waals surface area contributed by atoms with E-state index in [0.29, 0.717) is 29.9 Å². The SMILES string of the molecule is O=C(CCc1ccc(-c2ccccc2F)o1)N[C@H](CN1CCOCC1)c1ccccc1. The highest BCUT2D eigenvalue weighted by atomic mass is 19.1. The minimum Gasteiger partial charge on any atom is -0.461 e. The van der Waals surface area contributed by atoms with E-state index < -0.39 is 0 Å². The minimum absolute atomic E-state index is 0.0362. The lowest BCUT2D eigenvalue weighted by Gasteiger charge is -2.31. The number of benzene rings is 2. The van der Waals surface area contributed by atoms with Crippen LogP contribution >= 0.6 is 0 Å². The summed E-state index contributed by atoms with van der Waals surface area (Å²) >= 11 is 0. The molecule has 1 saturated heterocycles. The molecule has 1 atom stereocenters. The predicted molar refractivity (Wildman–Crippen MR) is 117 cm³/mol. The van der Waals surface area contributed by atoms with E-state index in [1.54, 1.807) is 30.3 Å². The number of ether oxygens (including phenoxy) is 1. The molecule has 0 spiro atoms. The molecule has 1 fully saturated rings. The van der Waals surface area contributed by atoms with E-state index in [2.05, 4.69) is 10.2 Å². The van der Waals surface area contributed by atoms with Gasteiger partial charge in [0.25, 0.3) is 0 Å². The number of aryl methyl sites for hydroxylation is 1. The largest absolute Gasteiger partial charge is 0.461 e. The van der Waals surface area contributed by atoms with Crippen LogP contribution in [-0.2, 0) is 16.0 Å². The van der Waals surface area contributed by atoms with Crippen molar-refractivity contribution in [3.05, 3.63) is 83.9 Å². The van der Waals surface area contributed by atoms with Crippen molar-refractivity contribution in [2.45, 2.75) is 18.9 Å². The number of carbonyl (C=O) groups excluding carboxylic acids is 1. The Bertz CT molecular complexity index is 983. The van der Waals surface area contributed by atoms with Crippen LogP contribution in [0.25, 0.3) is 11.3 Å². The first kappa shape index (κ1) is 21.3. The van der Waals surface area contributed by atoms with Crippen molar-refractivity contribution in [1.29, 1.82) is 0 Å². The molecule has 0 radical (unpaired) electrons. The number of nitrogens with one attached hydrogen (secondary N) is 1. The summed E-state index contributed by atoms with van der Waals surface area (Å²) in [5.41, 5.74) is 1.51. The third kappa shape index (κ3) is 5.81. The van der Waals surface area contributed by atoms with E-state index in [1.807, 2.05) is 30.3 Å². The Morgan fingerprint density at radius 1 is 1.00 bits per heavy atom. The van der Waals surface area contributed by atoms with E-state index in [1.165, 1.54) is 6.07 Å². The van der Waals surface area contributed by atoms with Gasteiger partial charge in [0.15, 0.2) is 0 Å². The van der Waals surface area contributed by atoms with Crippen molar-refractivity contribution in [1.82, 2.24) is 10.2 Å². The minimum atomic E-state index is -0.324. The average molecular weight is 423 g/mol. The summed E-state index contributed by atoms with van der Waals surface area (Å²) in [7, 11) is 0. The fourth-order valence-electron chi connectivity index (χ4n) is 3.78. The molecule has 31 heavy (non-hydrogen) atoms. The zero-order chi connectivity index (χ0) is 21.5. The normalized spacial score (nSPS) is 15.5. The number of rotatable bonds is 8. The molecule has 1 aliphatic heterocycles. The van der Waals surface area contributed by atoms with E-state index in [9.17, 15) is 9.18 Å². The summed E-state index contributed by atoms with van der Waals surface area (Å²) in [6.45, 7) is 3.92. The molecule has 1 N–H and O–H groups in total. The Hall–Kier alpha value is -2.96. The lowest BCUT2D eigenvalue weighted by atomic mass is 10.1. The zero-order valence-corrected chi connectivity index (χ0v) is 17.4. The number of amides is 1. The van der Waals surface area contributed by atoms with Gasteiger partial charge >= 0.3 is 0 Å². The molecule has 1 aromatic heterocycles. The van der Waals surface area contributed by atoms with Crippen LogP contribution < -0.4 is 5.32 Å². The standard InChI is InChI=1S/C25H27FN2O3/c26-22-9-5-4-8-21(22)24-12-10-20(31-24)11-13-25(29)27-23(19-6-2-1-3-7-19)18-28-14-16-30-17-15-28/h1-10,12,23H,11,13-18H2,(H,27,29)/t23-/m1/s1. The Morgan fingerprint density at radius 2 is 1.74 bits per heavy atom. The summed E-state index contributed by atoms with van der Waals surface area (Å²) in [5, 5.41) is 3.18. The molecule has 3 aromatic rings. The van der Waals surface area contributed by atoms with Gasteiger partial charge in [0.1, 0.15) is 17.3 Å². The van der Waals surface area contributed by atoms with Gasteiger partial charge in [-0.3, -0.25) is 9.69 Å². The van der Waals surface area contributed by atoms with Gasteiger partial charge in [0, 0.05) is 32.5 Å². The van der Waals surface area contributed by atoms with Gasteiger partial charge in [-0.05, 0) is 29.8 Å². The fraction of sp³-hybridized carbons (Fsp3) is 0.320. The lowest BCUT2D eigenvalue weighted by Crippen LogP contribution is -2.43. The molecule has 0 bridgehead atoms. The molecule has 162 valence electrons. The fourth-order valence-corrected chi connectivity index (χ4v) is 3.78. The van der Waals surface area contributed by atoms with Crippen LogP contribution in [-0.4, -0.2) is 43.7 Å². The third-order valence-corrected chi connectivity index (χ3v) is 5.48. The summed E-state index contributed by atoms with van der Waals surface area (Å²) in [6.07, 6.45) is 0.760. The number of halogens is 1. The maximum Gasteiger partial charge on any atom is 0.220 e. The highest BCUT2D eigenvalue weighted by molar-refractivity contribution is 5.76. The molecular weight excluding hydrogens is 395 g/mol. The Labute approximate surface area is 181 Å². The quantitative estimate of drug-likeness (QED) is 0.591. The van der Waals surface area contributed by atoms with Crippen LogP contribution in [0.15, 0.2) is 71.1 Å². The molecule has 0 unspecified atom stereocenters. The van der Waals surface area contributed by atoms with Crippen molar-refractivity contribution < 1.29 is 18.3 Å². The Morgan fingerprint density at radius 3 is 2.52 bits per heavy atom. The summed E-state index contributed by atoms with van der Waals surface area (Å²) < 4.78 is 25.2. The number of hydrogen-bond acceptors (Lipinski definition) is 4. The second kappa shape index (κ2) is 10.4. The van der Waals surface area contributed by atoms with Crippen LogP contribution in [0.4, 0.5) is 4.39 Å². The first-order valence-electron chi connectivity index (χ1n) is 10.7. The molecule has 5 nitrogen and oxygen atoms in total. The van der Waals surface area contributed by atoms with Gasteiger partial charge in [-0.25, -0.2) is 4.39 Å². The number of furan rings is 1. The highest BCUT2D eigenvalue weighted by Gasteiger charge is 2.20. The molecule has 2 aromatic carbocycles. The molecule has 0 aliphatic carbocycles. The zero-order valence-electron chi connectivity index (χ0n) is 17.4. The van der Waals surface area contributed by atoms with E-state index >= 15 is 0 Å². The highest BCUT2D eigenvalue weighted by Crippen LogP contribution is 2.25. The Kier molecular flexibility index (Phi) is 7.12. The van der Waals surface area contributed by atoms with Gasteiger partial charge in [0.05, 0.1) is 24.8 Å². The van der Waals surface area contributed by atoms with Crippen LogP contribution in [0, 0.1) is 5.82 Å². The molecule has 1 amide bonds. The van der Waals surface area contributed by atoms with E-state index in [4.69, 9.17) is 9.15 Å². The molecule has 4 rings (SSSR count). The van der Waals surface area contributed by atoms with Crippen molar-refractivity contribution in [2.24, 2.45) is 0 Å². The number of morpholine rings is 1. The predicted octanol–water partition coefficient (Wildman–Crippen LogP) is 4.21. The van der Waals surface area contributed by atoms with Crippen molar-refractivity contribution >= 4 is 5.91 Å². The van der Waals surface area contributed by atoms with Crippen molar-refractivity contribution in [3.8, 4) is 11.3 Å². The van der Waals surface area contributed by atoms with Crippen molar-refractivity contribution in [2.75, 3.05) is 32.8 Å². The molecule has 1 aliphatic rings. The van der Waals surface area contributed by atoms with E-state index in [-0.39, 0.29) is 17.8 Å². The maximum absolute atomic E-state index is 14.0. The van der Waals surface area contributed by atoms with Gasteiger partial charge in [0.2, 0.25) is 5.91 Å². The van der Waals surface area contributed by atoms with Gasteiger partial charge in [-0.1, -0.05) is 42.5 Å². The summed E-state index contributed by atoms with van der Waals surface area (Å²) in [6, 6.07) is 20.0. The first-order chi connectivity index (χ1) is 15.2. The first-order valence-corrected chi connectivity index (χ1v) is 10.7. The lowest BCUT2D eigenvalue weighted by molar-refractivity contribution is -0.122. The van der Waals surface area contributed by atoms with Crippen molar-refractivity contribution in [3.63, 3.8) is 0 Å². The maximum atomic E-state index is 14.0. The van der Waals surface area contributed by atoms with Gasteiger partial charge in [-0.15, -0.1) is 0 Å². The molecule has 2 heterocycles. The monoisotopic (exact) mass is 422 g/mol. The second-order valence-electron chi connectivity index (χ2n) is 7.69. The second-order valence-corrected chi connectivity index (χ2v) is 7.69. The van der Waals surface area contributed by atoms with E-state index in [0.717, 1.165) is 38.4 Å². The van der Waals surface area contributed by atoms with Gasteiger partial charge < -0.3 is 14.5 Å². The van der Waals surface area contributed by atoms with Crippen LogP contribution in [0.1, 0.15) is 23.8 Å². The van der Waals surface area contributed by atoms with Gasteiger partial charge in [-0.2, -0.15) is 0 Å². The average Bonchev–Trinajstić information content (AvgIpc) is 3.28. The number of nitrogens with zero attached hydrogens (tertiary/aromatic N) is 1. The van der Waals surface area contributed by atoms with Crippen LogP contribution in [0.5, 0.6) is 0 Å². The third-order valence-electron chi connectivity index (χ3n) is 5.48. The molecule has 0 saturated carbocycles. The number of hydrogen-bond donors (Lipinski definition) is 1. The van der Waals surface area contributed by atoms with Crippen LogP contribution in [0.2, 0.25) is 0 Å². The summed E-state index contributed by atoms with van der Waals surface area (Å²) in [4.78, 5) is 15.0. The van der Waals surface area contributed by atoms with Crippen LogP contribution in [0.3, 0.4) is 0 Å². The summed E-state index contributed by atoms with van der Waals surface area (Å²) in [5.74, 6) is 0.779. The topological polar surface area (TPSA) is 54.7 Å².